The van der Waals surface area contributed by atoms with E-state index in [-0.39, 0.29) is 18.0 Å². The summed E-state index contributed by atoms with van der Waals surface area (Å²) >= 11 is 12.8. The number of nitrogens with two attached hydrogens (primary N) is 1. The van der Waals surface area contributed by atoms with Crippen LogP contribution in [0, 0.1) is 0 Å². The Balaban J connectivity index is 1.66. The topological polar surface area (TPSA) is 49.6 Å². The van der Waals surface area contributed by atoms with Gasteiger partial charge in [0.25, 0.3) is 0 Å². The minimum atomic E-state index is -0.333. The number of rotatable bonds is 2. The van der Waals surface area contributed by atoms with Crippen molar-refractivity contribution >= 4 is 29.2 Å². The van der Waals surface area contributed by atoms with Gasteiger partial charge in [0.2, 0.25) is 0 Å². The third-order valence-electron chi connectivity index (χ3n) is 6.00. The van der Waals surface area contributed by atoms with Gasteiger partial charge in [-0.2, -0.15) is 0 Å². The number of nitrogens with zero attached hydrogens (tertiary/aromatic N) is 2. The quantitative estimate of drug-likeness (QED) is 0.731. The predicted octanol–water partition coefficient (Wildman–Crippen LogP) is 5.18. The molecule has 2 aromatic carbocycles. The van der Waals surface area contributed by atoms with Crippen molar-refractivity contribution in [3.05, 3.63) is 68.7 Å². The van der Waals surface area contributed by atoms with Crippen LogP contribution >= 0.6 is 23.2 Å². The van der Waals surface area contributed by atoms with E-state index in [4.69, 9.17) is 28.9 Å². The summed E-state index contributed by atoms with van der Waals surface area (Å²) < 4.78 is 0. The molecule has 4 rings (SSSR count). The predicted molar refractivity (Wildman–Crippen MR) is 114 cm³/mol. The van der Waals surface area contributed by atoms with Gasteiger partial charge < -0.3 is 15.5 Å². The Morgan fingerprint density at radius 1 is 1.11 bits per heavy atom. The summed E-state index contributed by atoms with van der Waals surface area (Å²) in [6.45, 7) is 2.48. The zero-order valence-electron chi connectivity index (χ0n) is 16.0. The number of primary amides is 1. The molecule has 1 saturated heterocycles. The van der Waals surface area contributed by atoms with Gasteiger partial charge in [0.15, 0.2) is 0 Å². The van der Waals surface area contributed by atoms with Gasteiger partial charge in [0.1, 0.15) is 0 Å². The average Bonchev–Trinajstić information content (AvgIpc) is 2.68. The lowest BCUT2D eigenvalue weighted by Crippen LogP contribution is -2.41. The number of likely N-dealkylation sites (N-methyl/N-ethyl adjacent to an activating group) is 1. The standard InChI is InChI=1S/C22H25Cl2N3O/c1-26-12-18(17-10-16(23)11-20(24)19(17)13-26)14-5-7-15(8-6-14)21-4-2-3-9-27(21)22(25)28/h5-8,10-11,18,21H,2-4,9,12-13H2,1H3,(H2,25,28). The number of fused-ring (bicyclic) bond motifs is 1. The first-order valence-corrected chi connectivity index (χ1v) is 10.5. The number of hydrogen-bond donors (Lipinski definition) is 1. The van der Waals surface area contributed by atoms with E-state index in [1.165, 1.54) is 11.1 Å². The van der Waals surface area contributed by atoms with Crippen molar-refractivity contribution < 1.29 is 4.79 Å². The van der Waals surface area contributed by atoms with Crippen LogP contribution in [-0.4, -0.2) is 36.0 Å². The smallest absolute Gasteiger partial charge is 0.315 e. The van der Waals surface area contributed by atoms with Gasteiger partial charge in [-0.25, -0.2) is 4.79 Å². The zero-order valence-corrected chi connectivity index (χ0v) is 17.5. The average molecular weight is 418 g/mol. The first kappa shape index (κ1) is 19.6. The minimum absolute atomic E-state index is 0.0745. The normalized spacial score (nSPS) is 22.8. The highest BCUT2D eigenvalue weighted by molar-refractivity contribution is 6.35. The second kappa shape index (κ2) is 7.94. The summed E-state index contributed by atoms with van der Waals surface area (Å²) in [5.74, 6) is 0.220. The van der Waals surface area contributed by atoms with E-state index in [0.29, 0.717) is 5.02 Å². The summed E-state index contributed by atoms with van der Waals surface area (Å²) in [5, 5.41) is 1.41. The Bertz CT molecular complexity index is 884. The Morgan fingerprint density at radius 3 is 2.54 bits per heavy atom. The molecule has 2 amide bonds. The summed E-state index contributed by atoms with van der Waals surface area (Å²) in [6.07, 6.45) is 3.10. The summed E-state index contributed by atoms with van der Waals surface area (Å²) in [5.41, 5.74) is 10.3. The fourth-order valence-electron chi connectivity index (χ4n) is 4.62. The second-order valence-electron chi connectivity index (χ2n) is 7.91. The van der Waals surface area contributed by atoms with Gasteiger partial charge in [-0.1, -0.05) is 47.5 Å². The van der Waals surface area contributed by atoms with Crippen LogP contribution in [0.5, 0.6) is 0 Å². The van der Waals surface area contributed by atoms with Crippen LogP contribution in [0.3, 0.4) is 0 Å². The van der Waals surface area contributed by atoms with Crippen molar-refractivity contribution in [3.63, 3.8) is 0 Å². The number of halogens is 2. The number of carbonyl (C=O) groups excluding carboxylic acids is 1. The van der Waals surface area contributed by atoms with E-state index >= 15 is 0 Å². The van der Waals surface area contributed by atoms with Crippen LogP contribution in [0.4, 0.5) is 4.79 Å². The number of carbonyl (C=O) groups is 1. The molecule has 2 aliphatic rings. The number of urea groups is 1. The van der Waals surface area contributed by atoms with Crippen molar-refractivity contribution in [1.29, 1.82) is 0 Å². The molecule has 0 aromatic heterocycles. The van der Waals surface area contributed by atoms with Gasteiger partial charge >= 0.3 is 6.03 Å². The molecule has 6 heteroatoms. The first-order valence-electron chi connectivity index (χ1n) is 9.76. The van der Waals surface area contributed by atoms with E-state index in [9.17, 15) is 4.79 Å². The number of amides is 2. The Hall–Kier alpha value is -1.75. The number of benzene rings is 2. The third kappa shape index (κ3) is 3.73. The monoisotopic (exact) mass is 417 g/mol. The van der Waals surface area contributed by atoms with Gasteiger partial charge in [-0.05, 0) is 60.7 Å². The van der Waals surface area contributed by atoms with Crippen LogP contribution in [-0.2, 0) is 6.54 Å². The van der Waals surface area contributed by atoms with Crippen molar-refractivity contribution in [1.82, 2.24) is 9.80 Å². The molecule has 4 nitrogen and oxygen atoms in total. The molecule has 0 aliphatic carbocycles. The summed E-state index contributed by atoms with van der Waals surface area (Å²) in [4.78, 5) is 15.9. The van der Waals surface area contributed by atoms with Crippen LogP contribution in [0.1, 0.15) is 53.5 Å². The van der Waals surface area contributed by atoms with Crippen molar-refractivity contribution in [2.24, 2.45) is 5.73 Å². The van der Waals surface area contributed by atoms with Crippen LogP contribution in [0.15, 0.2) is 36.4 Å². The largest absolute Gasteiger partial charge is 0.351 e. The van der Waals surface area contributed by atoms with Crippen molar-refractivity contribution in [3.8, 4) is 0 Å². The second-order valence-corrected chi connectivity index (χ2v) is 8.76. The van der Waals surface area contributed by atoms with Crippen LogP contribution in [0.25, 0.3) is 0 Å². The third-order valence-corrected chi connectivity index (χ3v) is 6.56. The first-order chi connectivity index (χ1) is 13.4. The molecule has 1 fully saturated rings. The fourth-order valence-corrected chi connectivity index (χ4v) is 5.19. The fraction of sp³-hybridized carbons (Fsp3) is 0.409. The molecule has 2 unspecified atom stereocenters. The molecule has 148 valence electrons. The van der Waals surface area contributed by atoms with E-state index in [1.807, 2.05) is 12.1 Å². The van der Waals surface area contributed by atoms with Crippen LogP contribution < -0.4 is 5.73 Å². The molecule has 0 spiro atoms. The van der Waals surface area contributed by atoms with Crippen molar-refractivity contribution in [2.45, 2.75) is 37.8 Å². The maximum absolute atomic E-state index is 11.8. The zero-order chi connectivity index (χ0) is 19.8. The molecular weight excluding hydrogens is 393 g/mol. The molecular formula is C22H25Cl2N3O. The highest BCUT2D eigenvalue weighted by Crippen LogP contribution is 2.39. The lowest BCUT2D eigenvalue weighted by Gasteiger charge is -2.35. The minimum Gasteiger partial charge on any atom is -0.351 e. The number of hydrogen-bond acceptors (Lipinski definition) is 2. The lowest BCUT2D eigenvalue weighted by molar-refractivity contribution is 0.160. The molecule has 0 radical (unpaired) electrons. The molecule has 0 bridgehead atoms. The number of likely N-dealkylation sites (tertiary alicyclic amines) is 1. The molecule has 2 atom stereocenters. The van der Waals surface area contributed by atoms with Gasteiger partial charge in [0.05, 0.1) is 6.04 Å². The van der Waals surface area contributed by atoms with Crippen LogP contribution in [0.2, 0.25) is 10.0 Å². The van der Waals surface area contributed by atoms with Gasteiger partial charge in [-0.3, -0.25) is 0 Å². The molecule has 2 aromatic rings. The van der Waals surface area contributed by atoms with E-state index in [1.54, 1.807) is 4.90 Å². The molecule has 2 N–H and O–H groups in total. The Morgan fingerprint density at radius 2 is 1.82 bits per heavy atom. The maximum atomic E-state index is 11.8. The Labute approximate surface area is 176 Å². The highest BCUT2D eigenvalue weighted by atomic mass is 35.5. The number of piperidine rings is 1. The molecule has 2 heterocycles. The van der Waals surface area contributed by atoms with Gasteiger partial charge in [0, 0.05) is 35.6 Å². The summed E-state index contributed by atoms with van der Waals surface area (Å²) in [7, 11) is 2.11. The maximum Gasteiger partial charge on any atom is 0.315 e. The lowest BCUT2D eigenvalue weighted by atomic mass is 9.84. The Kier molecular flexibility index (Phi) is 5.55. The van der Waals surface area contributed by atoms with Crippen molar-refractivity contribution in [2.75, 3.05) is 20.1 Å². The summed E-state index contributed by atoms with van der Waals surface area (Å²) in [6, 6.07) is 12.2. The van der Waals surface area contributed by atoms with E-state index in [2.05, 4.69) is 36.2 Å². The van der Waals surface area contributed by atoms with E-state index < -0.39 is 0 Å². The molecule has 28 heavy (non-hydrogen) atoms. The molecule has 2 aliphatic heterocycles. The van der Waals surface area contributed by atoms with E-state index in [0.717, 1.165) is 55.0 Å². The molecule has 0 saturated carbocycles. The SMILES string of the molecule is CN1Cc2c(Cl)cc(Cl)cc2C(c2ccc(C3CCCCN3C(N)=O)cc2)C1. The highest BCUT2D eigenvalue weighted by Gasteiger charge is 2.29. The van der Waals surface area contributed by atoms with Gasteiger partial charge in [-0.15, -0.1) is 0 Å².